The summed E-state index contributed by atoms with van der Waals surface area (Å²) >= 11 is 0. The smallest absolute Gasteiger partial charge is 0.137 e. The molecule has 2 heterocycles. The highest BCUT2D eigenvalue weighted by molar-refractivity contribution is 6.19. The Morgan fingerprint density at radius 2 is 0.968 bits per heavy atom. The van der Waals surface area contributed by atoms with Gasteiger partial charge in [-0.05, 0) is 98.0 Å². The molecule has 0 fully saturated rings. The second-order valence-corrected chi connectivity index (χ2v) is 19.0. The molecule has 0 amide bonds. The summed E-state index contributed by atoms with van der Waals surface area (Å²) in [5.41, 5.74) is 15.8. The summed E-state index contributed by atoms with van der Waals surface area (Å²) in [6, 6.07) is 71.1. The fraction of sp³-hybridized carbons (Fsp3) is 0.133. The molecule has 0 radical (unpaired) electrons. The molecule has 0 bridgehead atoms. The van der Waals surface area contributed by atoms with Crippen LogP contribution in [0.3, 0.4) is 0 Å². The second kappa shape index (κ2) is 14.6. The molecule has 3 heteroatoms. The van der Waals surface area contributed by atoms with Gasteiger partial charge in [-0.2, -0.15) is 0 Å². The number of para-hydroxylation sites is 5. The molecule has 0 aliphatic rings. The van der Waals surface area contributed by atoms with Crippen LogP contribution in [0.15, 0.2) is 199 Å². The van der Waals surface area contributed by atoms with Crippen molar-refractivity contribution in [1.29, 1.82) is 0 Å². The highest BCUT2D eigenvalue weighted by atomic mass is 16.3. The van der Waals surface area contributed by atoms with E-state index >= 15 is 0 Å². The van der Waals surface area contributed by atoms with Gasteiger partial charge in [0.2, 0.25) is 0 Å². The van der Waals surface area contributed by atoms with Gasteiger partial charge in [-0.3, -0.25) is 0 Å². The zero-order valence-electron chi connectivity index (χ0n) is 36.8. The minimum Gasteiger partial charge on any atom is -0.456 e. The van der Waals surface area contributed by atoms with Crippen LogP contribution in [-0.4, -0.2) is 4.57 Å². The van der Waals surface area contributed by atoms with Crippen LogP contribution in [-0.2, 0) is 10.8 Å². The average molecular weight is 815 g/mol. The molecular weight excluding hydrogens is 765 g/mol. The predicted molar refractivity (Wildman–Crippen MR) is 269 cm³/mol. The topological polar surface area (TPSA) is 21.3 Å². The fourth-order valence-corrected chi connectivity index (χ4v) is 9.71. The zero-order valence-corrected chi connectivity index (χ0v) is 36.8. The fourth-order valence-electron chi connectivity index (χ4n) is 9.71. The lowest BCUT2D eigenvalue weighted by molar-refractivity contribution is 0.569. The van der Waals surface area contributed by atoms with Gasteiger partial charge in [0.1, 0.15) is 11.2 Å². The number of anilines is 3. The van der Waals surface area contributed by atoms with Gasteiger partial charge >= 0.3 is 0 Å². The first-order valence-electron chi connectivity index (χ1n) is 22.1. The Morgan fingerprint density at radius 3 is 1.73 bits per heavy atom. The molecule has 11 aromatic rings. The quantitative estimate of drug-likeness (QED) is 0.167. The van der Waals surface area contributed by atoms with Crippen LogP contribution in [0.4, 0.5) is 17.1 Å². The standard InChI is InChI=1S/C60H50N2O/c1-59(2,3)41-36-40(37-42(38-41)60(4,5)6)44-27-16-20-39-21-17-28-47(56(39)44)45-24-10-14-31-51(45)62(52-32-19-35-55-57(52)49-26-12-15-34-54(49)63-55)53-33-18-29-48-46-25-11-13-30-50(46)61(58(48)53)43-22-8-7-9-23-43/h7-38H,1-6H3. The van der Waals surface area contributed by atoms with Crippen LogP contribution in [0.2, 0.25) is 0 Å². The van der Waals surface area contributed by atoms with Crippen LogP contribution in [0.25, 0.3) is 82.5 Å². The number of furan rings is 1. The summed E-state index contributed by atoms with van der Waals surface area (Å²) in [5, 5.41) is 7.02. The number of fused-ring (bicyclic) bond motifs is 7. The van der Waals surface area contributed by atoms with E-state index in [9.17, 15) is 0 Å². The molecule has 0 unspecified atom stereocenters. The van der Waals surface area contributed by atoms with Gasteiger partial charge in [-0.25, -0.2) is 0 Å². The summed E-state index contributed by atoms with van der Waals surface area (Å²) in [6.07, 6.45) is 0. The van der Waals surface area contributed by atoms with Crippen LogP contribution >= 0.6 is 0 Å². The van der Waals surface area contributed by atoms with Crippen LogP contribution in [0.5, 0.6) is 0 Å². The van der Waals surface area contributed by atoms with Gasteiger partial charge in [0, 0.05) is 27.4 Å². The Hall–Kier alpha value is -7.36. The number of aromatic nitrogens is 1. The van der Waals surface area contributed by atoms with Gasteiger partial charge in [-0.15, -0.1) is 0 Å². The summed E-state index contributed by atoms with van der Waals surface area (Å²) in [5.74, 6) is 0. The number of hydrogen-bond donors (Lipinski definition) is 0. The monoisotopic (exact) mass is 814 g/mol. The minimum atomic E-state index is -0.0158. The molecule has 0 saturated heterocycles. The Labute approximate surface area is 369 Å². The molecule has 0 aliphatic carbocycles. The lowest BCUT2D eigenvalue weighted by Gasteiger charge is -2.30. The van der Waals surface area contributed by atoms with E-state index in [0.29, 0.717) is 0 Å². The molecule has 0 N–H and O–H groups in total. The molecule has 0 atom stereocenters. The number of rotatable bonds is 6. The first-order valence-corrected chi connectivity index (χ1v) is 22.1. The van der Waals surface area contributed by atoms with Crippen molar-refractivity contribution in [1.82, 2.24) is 4.57 Å². The van der Waals surface area contributed by atoms with Crippen molar-refractivity contribution in [3.63, 3.8) is 0 Å². The van der Waals surface area contributed by atoms with Crippen molar-refractivity contribution >= 4 is 71.6 Å². The maximum atomic E-state index is 6.62. The molecule has 0 spiro atoms. The van der Waals surface area contributed by atoms with Crippen LogP contribution in [0, 0.1) is 0 Å². The molecule has 0 saturated carbocycles. The SMILES string of the molecule is CC(C)(C)c1cc(-c2cccc3cccc(-c4ccccc4N(c4cccc5oc6ccccc6c45)c4cccc5c6ccccc6n(-c6ccccc6)c45)c23)cc(C(C)(C)C)c1. The molecule has 0 aliphatic heterocycles. The van der Waals surface area contributed by atoms with E-state index in [4.69, 9.17) is 4.42 Å². The van der Waals surface area contributed by atoms with E-state index in [0.717, 1.165) is 61.3 Å². The van der Waals surface area contributed by atoms with Gasteiger partial charge in [0.25, 0.3) is 0 Å². The normalized spacial score (nSPS) is 12.3. The van der Waals surface area contributed by atoms with Gasteiger partial charge in [-0.1, -0.05) is 187 Å². The molecular formula is C60H50N2O. The summed E-state index contributed by atoms with van der Waals surface area (Å²) in [6.45, 7) is 13.9. The average Bonchev–Trinajstić information content (AvgIpc) is 3.85. The zero-order chi connectivity index (χ0) is 43.0. The highest BCUT2D eigenvalue weighted by Crippen LogP contribution is 2.51. The minimum absolute atomic E-state index is 0.0158. The molecule has 306 valence electrons. The lowest BCUT2D eigenvalue weighted by Crippen LogP contribution is -2.16. The molecule has 2 aromatic heterocycles. The lowest BCUT2D eigenvalue weighted by atomic mass is 9.78. The predicted octanol–water partition coefficient (Wildman–Crippen LogP) is 17.2. The number of hydrogen-bond acceptors (Lipinski definition) is 2. The van der Waals surface area contributed by atoms with E-state index in [2.05, 4.69) is 245 Å². The third-order valence-corrected chi connectivity index (χ3v) is 12.9. The Bertz CT molecular complexity index is 3500. The summed E-state index contributed by atoms with van der Waals surface area (Å²) < 4.78 is 9.05. The van der Waals surface area contributed by atoms with E-state index in [-0.39, 0.29) is 10.8 Å². The van der Waals surface area contributed by atoms with Crippen molar-refractivity contribution < 1.29 is 4.42 Å². The Balaban J connectivity index is 1.26. The highest BCUT2D eigenvalue weighted by Gasteiger charge is 2.27. The Morgan fingerprint density at radius 1 is 0.413 bits per heavy atom. The third kappa shape index (κ3) is 6.41. The van der Waals surface area contributed by atoms with E-state index in [1.54, 1.807) is 0 Å². The molecule has 3 nitrogen and oxygen atoms in total. The van der Waals surface area contributed by atoms with Gasteiger partial charge < -0.3 is 13.9 Å². The molecule has 63 heavy (non-hydrogen) atoms. The van der Waals surface area contributed by atoms with Crippen LogP contribution < -0.4 is 4.90 Å². The molecule has 9 aromatic carbocycles. The van der Waals surface area contributed by atoms with E-state index in [1.165, 1.54) is 49.4 Å². The van der Waals surface area contributed by atoms with Crippen molar-refractivity contribution in [3.05, 3.63) is 205 Å². The largest absolute Gasteiger partial charge is 0.456 e. The van der Waals surface area contributed by atoms with Crippen molar-refractivity contribution in [2.45, 2.75) is 52.4 Å². The van der Waals surface area contributed by atoms with Crippen molar-refractivity contribution in [3.8, 4) is 27.9 Å². The van der Waals surface area contributed by atoms with Crippen LogP contribution in [0.1, 0.15) is 52.7 Å². The third-order valence-electron chi connectivity index (χ3n) is 12.9. The second-order valence-electron chi connectivity index (χ2n) is 19.0. The van der Waals surface area contributed by atoms with Crippen molar-refractivity contribution in [2.75, 3.05) is 4.90 Å². The maximum Gasteiger partial charge on any atom is 0.137 e. The Kier molecular flexibility index (Phi) is 8.96. The number of nitrogens with zero attached hydrogens (tertiary/aromatic N) is 2. The maximum absolute atomic E-state index is 6.62. The first-order chi connectivity index (χ1) is 30.5. The van der Waals surface area contributed by atoms with Gasteiger partial charge in [0.15, 0.2) is 0 Å². The summed E-state index contributed by atoms with van der Waals surface area (Å²) in [7, 11) is 0. The summed E-state index contributed by atoms with van der Waals surface area (Å²) in [4.78, 5) is 2.50. The van der Waals surface area contributed by atoms with E-state index < -0.39 is 0 Å². The van der Waals surface area contributed by atoms with Crippen molar-refractivity contribution in [2.24, 2.45) is 0 Å². The molecule has 11 rings (SSSR count). The van der Waals surface area contributed by atoms with E-state index in [1.807, 2.05) is 0 Å². The first kappa shape index (κ1) is 38.6. The number of benzene rings is 9. The van der Waals surface area contributed by atoms with Gasteiger partial charge in [0.05, 0.1) is 33.5 Å².